The number of hydrogen-bond donors (Lipinski definition) is 1. The lowest BCUT2D eigenvalue weighted by Gasteiger charge is -2.51. The summed E-state index contributed by atoms with van der Waals surface area (Å²) in [4.78, 5) is 16.6. The van der Waals surface area contributed by atoms with Crippen molar-refractivity contribution in [1.82, 2.24) is 9.80 Å². The topological polar surface area (TPSA) is 43.8 Å². The Morgan fingerprint density at radius 1 is 1.26 bits per heavy atom. The molecule has 2 aliphatic rings. The van der Waals surface area contributed by atoms with E-state index in [9.17, 15) is 18.7 Å². The first-order valence-electron chi connectivity index (χ1n) is 9.59. The Labute approximate surface area is 159 Å². The third-order valence-corrected chi connectivity index (χ3v) is 5.79. The fourth-order valence-electron chi connectivity index (χ4n) is 4.30. The van der Waals surface area contributed by atoms with Crippen LogP contribution in [-0.4, -0.2) is 59.6 Å². The number of nitrogens with zero attached hydrogens (tertiary/aromatic N) is 2. The second kappa shape index (κ2) is 8.07. The maximum atomic E-state index is 14.1. The zero-order chi connectivity index (χ0) is 19.6. The lowest BCUT2D eigenvalue weighted by atomic mass is 9.71. The number of aliphatic hydroxyl groups is 1. The summed E-state index contributed by atoms with van der Waals surface area (Å²) in [5.41, 5.74) is 0.301. The van der Waals surface area contributed by atoms with Crippen molar-refractivity contribution in [2.75, 3.05) is 32.7 Å². The number of amides is 1. The molecule has 1 aromatic carbocycles. The average molecular weight is 378 g/mol. The normalized spacial score (nSPS) is 26.3. The number of benzene rings is 1. The summed E-state index contributed by atoms with van der Waals surface area (Å²) in [6.07, 6.45) is 3.82. The van der Waals surface area contributed by atoms with Gasteiger partial charge in [0.15, 0.2) is 0 Å². The van der Waals surface area contributed by atoms with Gasteiger partial charge in [0.2, 0.25) is 0 Å². The summed E-state index contributed by atoms with van der Waals surface area (Å²) in [5.74, 6) is -2.30. The monoisotopic (exact) mass is 378 g/mol. The minimum atomic E-state index is -0.839. The molecule has 0 saturated carbocycles. The molecule has 0 aromatic heterocycles. The largest absolute Gasteiger partial charge is 0.392 e. The molecule has 2 fully saturated rings. The van der Waals surface area contributed by atoms with Gasteiger partial charge < -0.3 is 10.0 Å². The molecule has 0 bridgehead atoms. The van der Waals surface area contributed by atoms with Crippen molar-refractivity contribution < 1.29 is 18.7 Å². The number of hydrogen-bond acceptors (Lipinski definition) is 3. The molecule has 3 rings (SSSR count). The maximum absolute atomic E-state index is 14.1. The molecule has 0 aliphatic carbocycles. The van der Waals surface area contributed by atoms with E-state index in [1.807, 2.05) is 0 Å². The van der Waals surface area contributed by atoms with Crippen molar-refractivity contribution in [1.29, 1.82) is 0 Å². The first-order chi connectivity index (χ1) is 12.8. The van der Waals surface area contributed by atoms with Gasteiger partial charge in [-0.15, -0.1) is 0 Å². The molecule has 0 unspecified atom stereocenters. The summed E-state index contributed by atoms with van der Waals surface area (Å²) in [6.45, 7) is 7.19. The fourth-order valence-corrected chi connectivity index (χ4v) is 4.30. The third-order valence-electron chi connectivity index (χ3n) is 5.79. The predicted molar refractivity (Wildman–Crippen MR) is 100 cm³/mol. The Balaban J connectivity index is 1.79. The molecular formula is C21H28F2N2O2. The summed E-state index contributed by atoms with van der Waals surface area (Å²) in [7, 11) is 0. The van der Waals surface area contributed by atoms with Gasteiger partial charge in [0.1, 0.15) is 17.2 Å². The van der Waals surface area contributed by atoms with Crippen LogP contribution in [0.5, 0.6) is 0 Å². The number of carbonyl (C=O) groups is 1. The number of allylic oxidation sites excluding steroid dienone is 1. The summed E-state index contributed by atoms with van der Waals surface area (Å²) >= 11 is 0. The summed E-state index contributed by atoms with van der Waals surface area (Å²) in [6, 6.07) is 3.46. The van der Waals surface area contributed by atoms with Gasteiger partial charge in [-0.25, -0.2) is 8.78 Å². The molecule has 1 N–H and O–H groups in total. The Bertz CT molecular complexity index is 713. The van der Waals surface area contributed by atoms with Gasteiger partial charge in [0, 0.05) is 38.1 Å². The molecule has 2 saturated heterocycles. The molecular weight excluding hydrogens is 350 g/mol. The quantitative estimate of drug-likeness (QED) is 0.822. The number of halogens is 2. The Morgan fingerprint density at radius 3 is 2.63 bits per heavy atom. The van der Waals surface area contributed by atoms with Crippen LogP contribution in [0.25, 0.3) is 0 Å². The lowest BCUT2D eigenvalue weighted by molar-refractivity contribution is -0.0763. The van der Waals surface area contributed by atoms with Gasteiger partial charge >= 0.3 is 0 Å². The standard InChI is InChI=1S/C21H28F2N2O2/c1-15(2)7-11-24-12-8-18(26)21(13-24)9-4-10-25(14-21)20(27)19-16(22)5-3-6-17(19)23/h3,5-7,18,26H,4,8-14H2,1-2H3/t18-,21-/m1/s1. The van der Waals surface area contributed by atoms with Crippen LogP contribution in [0.3, 0.4) is 0 Å². The van der Waals surface area contributed by atoms with Gasteiger partial charge in [-0.2, -0.15) is 0 Å². The molecule has 148 valence electrons. The predicted octanol–water partition coefficient (Wildman–Crippen LogP) is 3.22. The van der Waals surface area contributed by atoms with Crippen molar-refractivity contribution in [2.24, 2.45) is 5.41 Å². The summed E-state index contributed by atoms with van der Waals surface area (Å²) < 4.78 is 28.1. The molecule has 0 radical (unpaired) electrons. The van der Waals surface area contributed by atoms with E-state index in [-0.39, 0.29) is 0 Å². The van der Waals surface area contributed by atoms with Crippen LogP contribution < -0.4 is 0 Å². The van der Waals surface area contributed by atoms with E-state index in [0.717, 1.165) is 38.1 Å². The van der Waals surface area contributed by atoms with Crippen molar-refractivity contribution >= 4 is 5.91 Å². The van der Waals surface area contributed by atoms with Gasteiger partial charge in [-0.05, 0) is 45.2 Å². The van der Waals surface area contributed by atoms with Crippen molar-refractivity contribution in [3.8, 4) is 0 Å². The van der Waals surface area contributed by atoms with E-state index in [1.165, 1.54) is 16.5 Å². The lowest BCUT2D eigenvalue weighted by Crippen LogP contribution is -2.59. The molecule has 1 aromatic rings. The Hall–Kier alpha value is -1.79. The second-order valence-electron chi connectivity index (χ2n) is 8.11. The number of carbonyl (C=O) groups excluding carboxylic acids is 1. The molecule has 4 nitrogen and oxygen atoms in total. The molecule has 6 heteroatoms. The van der Waals surface area contributed by atoms with Crippen LogP contribution in [0.2, 0.25) is 0 Å². The molecule has 27 heavy (non-hydrogen) atoms. The first kappa shape index (κ1) is 20.0. The van der Waals surface area contributed by atoms with Crippen LogP contribution in [-0.2, 0) is 0 Å². The highest BCUT2D eigenvalue weighted by atomic mass is 19.1. The van der Waals surface area contributed by atoms with Crippen LogP contribution in [0, 0.1) is 17.0 Å². The first-order valence-corrected chi connectivity index (χ1v) is 9.59. The third kappa shape index (κ3) is 4.22. The van der Waals surface area contributed by atoms with E-state index in [4.69, 9.17) is 0 Å². The van der Waals surface area contributed by atoms with E-state index in [1.54, 1.807) is 0 Å². The molecule has 2 aliphatic heterocycles. The number of piperidine rings is 2. The van der Waals surface area contributed by atoms with Crippen molar-refractivity contribution in [3.63, 3.8) is 0 Å². The maximum Gasteiger partial charge on any atom is 0.259 e. The van der Waals surface area contributed by atoms with Crippen LogP contribution in [0.4, 0.5) is 8.78 Å². The molecule has 2 atom stereocenters. The summed E-state index contributed by atoms with van der Waals surface area (Å²) in [5, 5.41) is 10.7. The molecule has 1 amide bonds. The van der Waals surface area contributed by atoms with Crippen molar-refractivity contribution in [2.45, 2.75) is 39.2 Å². The van der Waals surface area contributed by atoms with Crippen LogP contribution >= 0.6 is 0 Å². The van der Waals surface area contributed by atoms with Crippen LogP contribution in [0.15, 0.2) is 29.8 Å². The zero-order valence-corrected chi connectivity index (χ0v) is 16.0. The fraction of sp³-hybridized carbons (Fsp3) is 0.571. The molecule has 2 heterocycles. The highest BCUT2D eigenvalue weighted by Gasteiger charge is 2.46. The zero-order valence-electron chi connectivity index (χ0n) is 16.0. The highest BCUT2D eigenvalue weighted by Crippen LogP contribution is 2.39. The minimum absolute atomic E-state index is 0.325. The van der Waals surface area contributed by atoms with E-state index in [0.29, 0.717) is 26.1 Å². The SMILES string of the molecule is CC(C)=CCN1CC[C@@H](O)[C@]2(CCCN(C(=O)c3c(F)cccc3F)C2)C1. The number of rotatable bonds is 3. The van der Waals surface area contributed by atoms with Gasteiger partial charge in [0.25, 0.3) is 5.91 Å². The van der Waals surface area contributed by atoms with Gasteiger partial charge in [-0.1, -0.05) is 17.7 Å². The average Bonchev–Trinajstić information content (AvgIpc) is 2.63. The number of aliphatic hydroxyl groups excluding tert-OH is 1. The van der Waals surface area contributed by atoms with Gasteiger partial charge in [0.05, 0.1) is 6.10 Å². The Kier molecular flexibility index (Phi) is 5.96. The van der Waals surface area contributed by atoms with E-state index in [2.05, 4.69) is 24.8 Å². The smallest absolute Gasteiger partial charge is 0.259 e. The van der Waals surface area contributed by atoms with Gasteiger partial charge in [-0.3, -0.25) is 9.69 Å². The van der Waals surface area contributed by atoms with Crippen molar-refractivity contribution in [3.05, 3.63) is 47.0 Å². The second-order valence-corrected chi connectivity index (χ2v) is 8.11. The van der Waals surface area contributed by atoms with E-state index < -0.39 is 34.6 Å². The van der Waals surface area contributed by atoms with E-state index >= 15 is 0 Å². The highest BCUT2D eigenvalue weighted by molar-refractivity contribution is 5.94. The van der Waals surface area contributed by atoms with Crippen LogP contribution in [0.1, 0.15) is 43.5 Å². The number of likely N-dealkylation sites (tertiary alicyclic amines) is 2. The Morgan fingerprint density at radius 2 is 1.96 bits per heavy atom. The molecule has 1 spiro atoms. The minimum Gasteiger partial charge on any atom is -0.392 e.